The molecule has 1 saturated heterocycles. The molecule has 0 bridgehead atoms. The summed E-state index contributed by atoms with van der Waals surface area (Å²) < 4.78 is 26.5. The Labute approximate surface area is 205 Å². The lowest BCUT2D eigenvalue weighted by molar-refractivity contribution is 0.0916. The molecule has 184 valence electrons. The highest BCUT2D eigenvalue weighted by molar-refractivity contribution is 6.99. The first-order valence-electron chi connectivity index (χ1n) is 10.9. The van der Waals surface area contributed by atoms with Crippen LogP contribution in [0.5, 0.6) is 5.75 Å². The minimum Gasteiger partial charge on any atom is -0.495 e. The largest absolute Gasteiger partial charge is 0.495 e. The van der Waals surface area contributed by atoms with E-state index in [-0.39, 0.29) is 40.9 Å². The highest BCUT2D eigenvalue weighted by Gasteiger charge is 2.20. The number of amides is 1. The molecular formula is C22H25FN8O3S. The van der Waals surface area contributed by atoms with Gasteiger partial charge in [-0.3, -0.25) is 9.59 Å². The zero-order chi connectivity index (χ0) is 24.9. The molecule has 0 atom stereocenters. The standard InChI is InChI=1S/C22H25FN8O3S/c1-12(32)15-11-24-22(28-19(15)27-20-18(23)29-35-30-20)26-16-5-4-13(10-17(16)34-3)21(33)25-14-6-8-31(2)9-7-14/h4-5,10-11,14H,6-9H2,1-3H3,(H,25,33)(H2,24,26,27,28,30). The van der Waals surface area contributed by atoms with Crippen molar-refractivity contribution in [3.8, 4) is 5.75 Å². The van der Waals surface area contributed by atoms with E-state index in [2.05, 4.69) is 46.6 Å². The van der Waals surface area contributed by atoms with Crippen LogP contribution in [0.15, 0.2) is 24.4 Å². The van der Waals surface area contributed by atoms with Crippen LogP contribution in [-0.2, 0) is 0 Å². The number of piperidine rings is 1. The molecule has 0 spiro atoms. The molecule has 11 nitrogen and oxygen atoms in total. The van der Waals surface area contributed by atoms with E-state index in [1.54, 1.807) is 18.2 Å². The van der Waals surface area contributed by atoms with Gasteiger partial charge in [-0.15, -0.1) is 4.37 Å². The second-order valence-corrected chi connectivity index (χ2v) is 8.66. The number of carbonyl (C=O) groups is 2. The van der Waals surface area contributed by atoms with E-state index >= 15 is 0 Å². The van der Waals surface area contributed by atoms with Gasteiger partial charge in [0.25, 0.3) is 11.9 Å². The molecule has 1 aliphatic heterocycles. The van der Waals surface area contributed by atoms with Gasteiger partial charge in [0.2, 0.25) is 11.8 Å². The molecule has 3 heterocycles. The minimum atomic E-state index is -0.798. The molecule has 0 saturated carbocycles. The van der Waals surface area contributed by atoms with E-state index in [1.807, 2.05) is 0 Å². The summed E-state index contributed by atoms with van der Waals surface area (Å²) >= 11 is 0.693. The number of rotatable bonds is 8. The molecule has 1 fully saturated rings. The average Bonchev–Trinajstić information content (AvgIpc) is 3.24. The van der Waals surface area contributed by atoms with Crippen molar-refractivity contribution in [1.29, 1.82) is 0 Å². The monoisotopic (exact) mass is 500 g/mol. The molecular weight excluding hydrogens is 475 g/mol. The molecule has 4 rings (SSSR count). The van der Waals surface area contributed by atoms with E-state index in [9.17, 15) is 14.0 Å². The van der Waals surface area contributed by atoms with Crippen LogP contribution in [0, 0.1) is 5.95 Å². The summed E-state index contributed by atoms with van der Waals surface area (Å²) in [6, 6.07) is 5.13. The Kier molecular flexibility index (Phi) is 7.46. The Morgan fingerprint density at radius 3 is 2.60 bits per heavy atom. The zero-order valence-electron chi connectivity index (χ0n) is 19.5. The normalized spacial score (nSPS) is 14.4. The number of likely N-dealkylation sites (tertiary alicyclic amines) is 1. The number of methoxy groups -OCH3 is 1. The minimum absolute atomic E-state index is 0.0784. The van der Waals surface area contributed by atoms with Gasteiger partial charge in [0.1, 0.15) is 11.6 Å². The van der Waals surface area contributed by atoms with Gasteiger partial charge in [-0.05, 0) is 58.1 Å². The summed E-state index contributed by atoms with van der Waals surface area (Å²) in [5.74, 6) is -0.799. The number of nitrogens with zero attached hydrogens (tertiary/aromatic N) is 5. The number of halogens is 1. The number of carbonyl (C=O) groups excluding carboxylic acids is 2. The van der Waals surface area contributed by atoms with Gasteiger partial charge in [-0.25, -0.2) is 4.98 Å². The smallest absolute Gasteiger partial charge is 0.268 e. The average molecular weight is 501 g/mol. The summed E-state index contributed by atoms with van der Waals surface area (Å²) in [4.78, 5) is 35.4. The van der Waals surface area contributed by atoms with Gasteiger partial charge in [0.15, 0.2) is 5.78 Å². The Bertz CT molecular complexity index is 1230. The fourth-order valence-electron chi connectivity index (χ4n) is 3.64. The number of Topliss-reactive ketones (excluding diaryl/α,β-unsaturated/α-hetero) is 1. The van der Waals surface area contributed by atoms with Crippen molar-refractivity contribution in [2.45, 2.75) is 25.8 Å². The number of ketones is 1. The molecule has 1 aromatic carbocycles. The molecule has 13 heteroatoms. The molecule has 3 N–H and O–H groups in total. The number of nitrogens with one attached hydrogen (secondary N) is 3. The van der Waals surface area contributed by atoms with Crippen LogP contribution in [0.1, 0.15) is 40.5 Å². The molecule has 35 heavy (non-hydrogen) atoms. The van der Waals surface area contributed by atoms with Crippen LogP contribution in [0.3, 0.4) is 0 Å². The number of aromatic nitrogens is 4. The molecule has 1 aliphatic rings. The quantitative estimate of drug-likeness (QED) is 0.396. The maximum absolute atomic E-state index is 13.8. The summed E-state index contributed by atoms with van der Waals surface area (Å²) in [6.07, 6.45) is 3.14. The van der Waals surface area contributed by atoms with Gasteiger partial charge in [-0.2, -0.15) is 13.7 Å². The number of ether oxygens (including phenoxy) is 1. The molecule has 0 unspecified atom stereocenters. The van der Waals surface area contributed by atoms with Crippen LogP contribution >= 0.6 is 11.7 Å². The van der Waals surface area contributed by atoms with Crippen LogP contribution in [0.2, 0.25) is 0 Å². The SMILES string of the molecule is COc1cc(C(=O)NC2CCN(C)CC2)ccc1Nc1ncc(C(C)=O)c(Nc2nsnc2F)n1. The summed E-state index contributed by atoms with van der Waals surface area (Å²) in [5.41, 5.74) is 1.13. The van der Waals surface area contributed by atoms with E-state index in [0.717, 1.165) is 25.9 Å². The van der Waals surface area contributed by atoms with Crippen molar-refractivity contribution >= 4 is 46.7 Å². The summed E-state index contributed by atoms with van der Waals surface area (Å²) in [7, 11) is 3.56. The highest BCUT2D eigenvalue weighted by Crippen LogP contribution is 2.29. The molecule has 3 aromatic rings. The maximum Gasteiger partial charge on any atom is 0.268 e. The maximum atomic E-state index is 13.8. The third-order valence-electron chi connectivity index (χ3n) is 5.62. The predicted octanol–water partition coefficient (Wildman–Crippen LogP) is 2.99. The van der Waals surface area contributed by atoms with E-state index in [1.165, 1.54) is 20.2 Å². The zero-order valence-corrected chi connectivity index (χ0v) is 20.3. The Hall–Kier alpha value is -3.71. The van der Waals surface area contributed by atoms with Crippen molar-refractivity contribution in [1.82, 2.24) is 28.9 Å². The van der Waals surface area contributed by atoms with Crippen molar-refractivity contribution in [3.05, 3.63) is 41.5 Å². The first kappa shape index (κ1) is 24.4. The van der Waals surface area contributed by atoms with Gasteiger partial charge in [0.05, 0.1) is 30.1 Å². The van der Waals surface area contributed by atoms with Crippen molar-refractivity contribution in [2.24, 2.45) is 0 Å². The Morgan fingerprint density at radius 1 is 1.17 bits per heavy atom. The molecule has 1 amide bonds. The lowest BCUT2D eigenvalue weighted by atomic mass is 10.0. The third-order valence-corrected chi connectivity index (χ3v) is 6.12. The van der Waals surface area contributed by atoms with Crippen molar-refractivity contribution in [2.75, 3.05) is 37.9 Å². The first-order valence-corrected chi connectivity index (χ1v) is 11.6. The van der Waals surface area contributed by atoms with Gasteiger partial charge >= 0.3 is 0 Å². The third kappa shape index (κ3) is 5.87. The number of anilines is 4. The van der Waals surface area contributed by atoms with Crippen LogP contribution in [0.25, 0.3) is 0 Å². The lowest BCUT2D eigenvalue weighted by Gasteiger charge is -2.29. The van der Waals surface area contributed by atoms with Gasteiger partial charge < -0.3 is 25.6 Å². The molecule has 0 radical (unpaired) electrons. The Balaban J connectivity index is 1.52. The second kappa shape index (κ2) is 10.7. The van der Waals surface area contributed by atoms with Gasteiger partial charge in [0, 0.05) is 17.8 Å². The van der Waals surface area contributed by atoms with Gasteiger partial charge in [-0.1, -0.05) is 0 Å². The fourth-order valence-corrected chi connectivity index (χ4v) is 4.04. The predicted molar refractivity (Wildman–Crippen MR) is 129 cm³/mol. The van der Waals surface area contributed by atoms with Crippen molar-refractivity contribution in [3.63, 3.8) is 0 Å². The first-order chi connectivity index (χ1) is 16.8. The summed E-state index contributed by atoms with van der Waals surface area (Å²) in [6.45, 7) is 3.25. The Morgan fingerprint density at radius 2 is 1.94 bits per heavy atom. The summed E-state index contributed by atoms with van der Waals surface area (Å²) in [5, 5.41) is 8.78. The highest BCUT2D eigenvalue weighted by atomic mass is 32.1. The number of hydrogen-bond donors (Lipinski definition) is 3. The van der Waals surface area contributed by atoms with Crippen LogP contribution < -0.4 is 20.7 Å². The second-order valence-electron chi connectivity index (χ2n) is 8.13. The number of benzene rings is 1. The topological polar surface area (TPSA) is 134 Å². The van der Waals surface area contributed by atoms with Crippen molar-refractivity contribution < 1.29 is 18.7 Å². The fraction of sp³-hybridized carbons (Fsp3) is 0.364. The van der Waals surface area contributed by atoms with Crippen LogP contribution in [-0.4, -0.2) is 68.6 Å². The molecule has 0 aliphatic carbocycles. The van der Waals surface area contributed by atoms with E-state index in [0.29, 0.717) is 28.7 Å². The lowest BCUT2D eigenvalue weighted by Crippen LogP contribution is -2.43. The van der Waals surface area contributed by atoms with Crippen LogP contribution in [0.4, 0.5) is 27.7 Å². The molecule has 2 aromatic heterocycles. The number of hydrogen-bond acceptors (Lipinski definition) is 11. The van der Waals surface area contributed by atoms with E-state index < -0.39 is 5.95 Å². The van der Waals surface area contributed by atoms with E-state index in [4.69, 9.17) is 4.74 Å².